The number of carbonyl (C=O) groups is 1. The topological polar surface area (TPSA) is 63.0 Å². The van der Waals surface area contributed by atoms with Gasteiger partial charge in [-0.3, -0.25) is 4.79 Å². The van der Waals surface area contributed by atoms with E-state index in [1.807, 2.05) is 6.07 Å². The van der Waals surface area contributed by atoms with E-state index in [0.29, 0.717) is 28.0 Å². The maximum atomic E-state index is 13.7. The second kappa shape index (κ2) is 12.0. The molecule has 1 heterocycles. The molecule has 0 spiro atoms. The number of nitrogens with zero attached hydrogens (tertiary/aromatic N) is 2. The fourth-order valence-electron chi connectivity index (χ4n) is 3.77. The molecule has 0 N–H and O–H groups in total. The first kappa shape index (κ1) is 27.6. The average molecular weight is 549 g/mol. The number of hydrogen-bond acceptors (Lipinski definition) is 5. The van der Waals surface area contributed by atoms with Gasteiger partial charge in [-0.05, 0) is 59.7 Å². The largest absolute Gasteiger partial charge is 0.496 e. The predicted molar refractivity (Wildman–Crippen MR) is 142 cm³/mol. The summed E-state index contributed by atoms with van der Waals surface area (Å²) in [6.45, 7) is 0. The molecule has 0 amide bonds. The molecule has 1 aromatic heterocycles. The van der Waals surface area contributed by atoms with Crippen LogP contribution in [0.25, 0.3) is 17.2 Å². The van der Waals surface area contributed by atoms with Gasteiger partial charge in [0, 0.05) is 22.4 Å². The maximum Gasteiger partial charge on any atom is 0.433 e. The predicted octanol–water partition coefficient (Wildman–Crippen LogP) is 7.98. The quantitative estimate of drug-likeness (QED) is 0.0967. The number of rotatable bonds is 8. The van der Waals surface area contributed by atoms with Crippen LogP contribution in [0.15, 0.2) is 90.0 Å². The molecule has 0 bridgehead atoms. The number of alkyl halides is 3. The van der Waals surface area contributed by atoms with E-state index in [2.05, 4.69) is 4.98 Å². The molecule has 4 aromatic rings. The van der Waals surface area contributed by atoms with Crippen molar-refractivity contribution >= 4 is 23.6 Å². The zero-order chi connectivity index (χ0) is 28.0. The number of ketones is 1. The van der Waals surface area contributed by atoms with Crippen molar-refractivity contribution in [3.8, 4) is 22.9 Å². The van der Waals surface area contributed by atoms with Gasteiger partial charge >= 0.3 is 6.18 Å². The number of hydrogen-bond donors (Lipinski definition) is 0. The Morgan fingerprint density at radius 1 is 1.05 bits per heavy atom. The molecule has 0 unspecified atom stereocenters. The molecule has 4 nitrogen and oxygen atoms in total. The highest BCUT2D eigenvalue weighted by Gasteiger charge is 2.34. The Morgan fingerprint density at radius 2 is 1.77 bits per heavy atom. The van der Waals surface area contributed by atoms with Gasteiger partial charge in [0.2, 0.25) is 0 Å². The lowest BCUT2D eigenvalue weighted by molar-refractivity contribution is -0.141. The molecule has 0 saturated heterocycles. The van der Waals surface area contributed by atoms with Crippen molar-refractivity contribution in [2.45, 2.75) is 17.0 Å². The summed E-state index contributed by atoms with van der Waals surface area (Å²) in [5.74, 6) is -0.132. The molecule has 0 atom stereocenters. The first-order valence-corrected chi connectivity index (χ1v) is 12.5. The highest BCUT2D eigenvalue weighted by molar-refractivity contribution is 7.98. The average Bonchev–Trinajstić information content (AvgIpc) is 2.94. The summed E-state index contributed by atoms with van der Waals surface area (Å²) >= 11 is 0.985. The third-order valence-corrected chi connectivity index (χ3v) is 6.72. The fourth-order valence-corrected chi connectivity index (χ4v) is 4.75. The van der Waals surface area contributed by atoms with Gasteiger partial charge in [-0.15, -0.1) is 11.8 Å². The Balaban J connectivity index is 1.65. The van der Waals surface area contributed by atoms with Crippen molar-refractivity contribution in [3.63, 3.8) is 0 Å². The number of ether oxygens (including phenoxy) is 1. The number of nitriles is 1. The monoisotopic (exact) mass is 548 g/mol. The van der Waals surface area contributed by atoms with E-state index in [9.17, 15) is 27.6 Å². The zero-order valence-electron chi connectivity index (χ0n) is 20.5. The van der Waals surface area contributed by atoms with Crippen molar-refractivity contribution in [1.82, 2.24) is 4.98 Å². The van der Waals surface area contributed by atoms with Crippen LogP contribution in [0, 0.1) is 17.1 Å². The van der Waals surface area contributed by atoms with Crippen LogP contribution < -0.4 is 4.74 Å². The fraction of sp³-hybridized carbons (Fsp3) is 0.100. The summed E-state index contributed by atoms with van der Waals surface area (Å²) in [7, 11) is 1.47. The number of halogens is 4. The Kier molecular flexibility index (Phi) is 8.47. The summed E-state index contributed by atoms with van der Waals surface area (Å²) in [5.41, 5.74) is 1.16. The molecule has 0 aliphatic heterocycles. The van der Waals surface area contributed by atoms with Gasteiger partial charge in [0.15, 0.2) is 5.78 Å². The van der Waals surface area contributed by atoms with E-state index in [0.717, 1.165) is 17.8 Å². The molecule has 39 heavy (non-hydrogen) atoms. The standard InChI is InChI=1S/C30H20F4N2O2S/c1-38-27-14-8-19(7-13-26(37)21-9-11-23(31)12-10-21)15-22(27)18-39-29-25(17-35)24(20-5-3-2-4-6-20)16-28(36-29)30(32,33)34/h2-16H,18H2,1H3/b13-7+. The SMILES string of the molecule is COc1ccc(/C=C/C(=O)c2ccc(F)cc2)cc1CSc1nc(C(F)(F)F)cc(-c2ccccc2)c1C#N. The van der Waals surface area contributed by atoms with E-state index in [1.165, 1.54) is 37.5 Å². The molecule has 4 rings (SSSR count). The van der Waals surface area contributed by atoms with Crippen LogP contribution in [0.2, 0.25) is 0 Å². The number of benzene rings is 3. The van der Waals surface area contributed by atoms with Crippen LogP contribution in [-0.2, 0) is 11.9 Å². The number of allylic oxidation sites excluding steroid dienone is 1. The van der Waals surface area contributed by atoms with Crippen molar-refractivity contribution in [3.05, 3.63) is 119 Å². The van der Waals surface area contributed by atoms with E-state index >= 15 is 0 Å². The summed E-state index contributed by atoms with van der Waals surface area (Å²) in [6.07, 6.45) is -1.78. The van der Waals surface area contributed by atoms with E-state index in [-0.39, 0.29) is 27.7 Å². The molecule has 0 aliphatic carbocycles. The highest BCUT2D eigenvalue weighted by Crippen LogP contribution is 2.38. The molecule has 3 aromatic carbocycles. The van der Waals surface area contributed by atoms with Gasteiger partial charge in [0.1, 0.15) is 28.4 Å². The van der Waals surface area contributed by atoms with Crippen molar-refractivity contribution < 1.29 is 27.1 Å². The van der Waals surface area contributed by atoms with E-state index < -0.39 is 17.7 Å². The van der Waals surface area contributed by atoms with E-state index in [1.54, 1.807) is 54.6 Å². The molecule has 0 fully saturated rings. The number of carbonyl (C=O) groups excluding carboxylic acids is 1. The number of methoxy groups -OCH3 is 1. The van der Waals surface area contributed by atoms with Gasteiger partial charge in [0.25, 0.3) is 0 Å². The maximum absolute atomic E-state index is 13.7. The Labute approximate surface area is 226 Å². The minimum atomic E-state index is -4.70. The minimum Gasteiger partial charge on any atom is -0.496 e. The normalized spacial score (nSPS) is 11.4. The van der Waals surface area contributed by atoms with Crippen LogP contribution in [0.4, 0.5) is 17.6 Å². The minimum absolute atomic E-state index is 0.0408. The van der Waals surface area contributed by atoms with Crippen LogP contribution >= 0.6 is 11.8 Å². The Morgan fingerprint density at radius 3 is 2.41 bits per heavy atom. The zero-order valence-corrected chi connectivity index (χ0v) is 21.3. The second-order valence-electron chi connectivity index (χ2n) is 8.28. The summed E-state index contributed by atoms with van der Waals surface area (Å²) in [5, 5.41) is 9.80. The molecule has 0 aliphatic rings. The molecular weight excluding hydrogens is 528 g/mol. The molecule has 196 valence electrons. The molecule has 9 heteroatoms. The van der Waals surface area contributed by atoms with Gasteiger partial charge in [0.05, 0.1) is 12.7 Å². The summed E-state index contributed by atoms with van der Waals surface area (Å²) in [4.78, 5) is 16.2. The third kappa shape index (κ3) is 6.72. The van der Waals surface area contributed by atoms with Gasteiger partial charge < -0.3 is 4.74 Å². The third-order valence-electron chi connectivity index (χ3n) is 5.70. The smallest absolute Gasteiger partial charge is 0.433 e. The van der Waals surface area contributed by atoms with E-state index in [4.69, 9.17) is 4.74 Å². The molecule has 0 radical (unpaired) electrons. The van der Waals surface area contributed by atoms with Gasteiger partial charge in [-0.2, -0.15) is 18.4 Å². The number of pyridine rings is 1. The van der Waals surface area contributed by atoms with Gasteiger partial charge in [-0.1, -0.05) is 42.5 Å². The molecule has 0 saturated carbocycles. The van der Waals surface area contributed by atoms with Crippen molar-refractivity contribution in [2.24, 2.45) is 0 Å². The highest BCUT2D eigenvalue weighted by atomic mass is 32.2. The Bertz CT molecular complexity index is 1560. The van der Waals surface area contributed by atoms with Gasteiger partial charge in [-0.25, -0.2) is 9.37 Å². The van der Waals surface area contributed by atoms with Crippen molar-refractivity contribution in [1.29, 1.82) is 5.26 Å². The van der Waals surface area contributed by atoms with Crippen LogP contribution in [0.5, 0.6) is 5.75 Å². The number of aromatic nitrogens is 1. The summed E-state index contributed by atoms with van der Waals surface area (Å²) < 4.78 is 59.6. The lowest BCUT2D eigenvalue weighted by Crippen LogP contribution is -2.10. The Hall–Kier alpha value is -4.42. The van der Waals surface area contributed by atoms with Crippen LogP contribution in [0.1, 0.15) is 32.7 Å². The van der Waals surface area contributed by atoms with Crippen LogP contribution in [0.3, 0.4) is 0 Å². The first-order valence-electron chi connectivity index (χ1n) is 11.5. The van der Waals surface area contributed by atoms with Crippen molar-refractivity contribution in [2.75, 3.05) is 7.11 Å². The van der Waals surface area contributed by atoms with Crippen LogP contribution in [-0.4, -0.2) is 17.9 Å². The number of thioether (sulfide) groups is 1. The molecular formula is C30H20F4N2O2S. The first-order chi connectivity index (χ1) is 18.7. The summed E-state index contributed by atoms with van der Waals surface area (Å²) in [6, 6.07) is 21.6. The second-order valence-corrected chi connectivity index (χ2v) is 9.24. The lowest BCUT2D eigenvalue weighted by atomic mass is 10.0. The lowest BCUT2D eigenvalue weighted by Gasteiger charge is -2.15.